The number of epoxide rings is 1. The third-order valence-electron chi connectivity index (χ3n) is 1.14. The van der Waals surface area contributed by atoms with E-state index in [1.54, 1.807) is 7.11 Å². The summed E-state index contributed by atoms with van der Waals surface area (Å²) in [6.07, 6.45) is 0.377. The summed E-state index contributed by atoms with van der Waals surface area (Å²) < 4.78 is 14.8. The van der Waals surface area contributed by atoms with E-state index in [1.165, 1.54) is 0 Å². The molecule has 1 saturated heterocycles. The van der Waals surface area contributed by atoms with Crippen molar-refractivity contribution in [3.63, 3.8) is 0 Å². The van der Waals surface area contributed by atoms with Crippen molar-refractivity contribution in [2.45, 2.75) is 6.10 Å². The normalized spacial score (nSPS) is 24.3. The highest BCUT2D eigenvalue weighted by Gasteiger charge is 2.21. The van der Waals surface area contributed by atoms with Gasteiger partial charge in [-0.15, -0.1) is 0 Å². The van der Waals surface area contributed by atoms with E-state index in [0.717, 1.165) is 13.2 Å². The van der Waals surface area contributed by atoms with Crippen molar-refractivity contribution >= 4 is 0 Å². The van der Waals surface area contributed by atoms with E-state index >= 15 is 0 Å². The summed E-state index contributed by atoms with van der Waals surface area (Å²) in [5.41, 5.74) is 0. The van der Waals surface area contributed by atoms with Crippen LogP contribution in [0.5, 0.6) is 0 Å². The van der Waals surface area contributed by atoms with Crippen molar-refractivity contribution in [2.24, 2.45) is 0 Å². The molecule has 3 heteroatoms. The van der Waals surface area contributed by atoms with Crippen LogP contribution in [0.25, 0.3) is 0 Å². The van der Waals surface area contributed by atoms with E-state index in [-0.39, 0.29) is 0 Å². The van der Waals surface area contributed by atoms with Gasteiger partial charge in [-0.3, -0.25) is 0 Å². The van der Waals surface area contributed by atoms with Gasteiger partial charge in [-0.2, -0.15) is 0 Å². The maximum absolute atomic E-state index is 5.15. The van der Waals surface area contributed by atoms with Crippen molar-refractivity contribution in [3.8, 4) is 0 Å². The first kappa shape index (κ1) is 6.99. The third-order valence-corrected chi connectivity index (χ3v) is 1.14. The van der Waals surface area contributed by atoms with Crippen LogP contribution < -0.4 is 0 Å². The van der Waals surface area contributed by atoms with E-state index in [0.29, 0.717) is 19.3 Å². The molecule has 54 valence electrons. The predicted molar refractivity (Wildman–Crippen MR) is 32.4 cm³/mol. The fraction of sp³-hybridized carbons (Fsp3) is 1.00. The third kappa shape index (κ3) is 3.46. The van der Waals surface area contributed by atoms with Gasteiger partial charge in [0.1, 0.15) is 6.10 Å². The molecule has 1 heterocycles. The molecule has 1 atom stereocenters. The Morgan fingerprint density at radius 1 is 1.56 bits per heavy atom. The molecule has 0 aromatic heterocycles. The van der Waals surface area contributed by atoms with Gasteiger partial charge in [0.15, 0.2) is 0 Å². The Hall–Kier alpha value is -0.120. The Morgan fingerprint density at radius 3 is 2.89 bits per heavy atom. The van der Waals surface area contributed by atoms with Crippen LogP contribution >= 0.6 is 0 Å². The standard InChI is InChI=1S/C6H12O3/c1-7-2-3-8-4-6-5-9-6/h6H,2-5H2,1H3/t6-/m0/s1. The lowest BCUT2D eigenvalue weighted by atomic mass is 10.5. The average molecular weight is 132 g/mol. The van der Waals surface area contributed by atoms with Crippen LogP contribution in [0, 0.1) is 0 Å². The lowest BCUT2D eigenvalue weighted by molar-refractivity contribution is 0.0622. The van der Waals surface area contributed by atoms with Gasteiger partial charge in [-0.05, 0) is 0 Å². The number of hydrogen-bond donors (Lipinski definition) is 0. The summed E-state index contributed by atoms with van der Waals surface area (Å²) in [6.45, 7) is 2.94. The molecule has 9 heavy (non-hydrogen) atoms. The molecule has 0 N–H and O–H groups in total. The largest absolute Gasteiger partial charge is 0.382 e. The summed E-state index contributed by atoms with van der Waals surface area (Å²) in [7, 11) is 1.66. The van der Waals surface area contributed by atoms with Crippen LogP contribution in [0.2, 0.25) is 0 Å². The molecule has 0 aromatic carbocycles. The maximum atomic E-state index is 5.15. The van der Waals surface area contributed by atoms with Gasteiger partial charge in [0, 0.05) is 7.11 Å². The zero-order valence-corrected chi connectivity index (χ0v) is 5.63. The minimum absolute atomic E-state index is 0.377. The molecule has 1 aliphatic heterocycles. The smallest absolute Gasteiger partial charge is 0.104 e. The topological polar surface area (TPSA) is 31.0 Å². The number of ether oxygens (including phenoxy) is 3. The Labute approximate surface area is 54.9 Å². The van der Waals surface area contributed by atoms with Crippen molar-refractivity contribution in [3.05, 3.63) is 0 Å². The molecule has 0 spiro atoms. The first-order chi connectivity index (χ1) is 4.43. The minimum Gasteiger partial charge on any atom is -0.382 e. The van der Waals surface area contributed by atoms with Gasteiger partial charge in [-0.25, -0.2) is 0 Å². The highest BCUT2D eigenvalue weighted by atomic mass is 16.6. The molecule has 0 bridgehead atoms. The van der Waals surface area contributed by atoms with E-state index in [9.17, 15) is 0 Å². The fourth-order valence-electron chi connectivity index (χ4n) is 0.521. The van der Waals surface area contributed by atoms with Gasteiger partial charge < -0.3 is 14.2 Å². The summed E-state index contributed by atoms with van der Waals surface area (Å²) >= 11 is 0. The average Bonchev–Trinajstić information content (AvgIpc) is 2.63. The summed E-state index contributed by atoms with van der Waals surface area (Å²) in [6, 6.07) is 0. The molecule has 0 amide bonds. The van der Waals surface area contributed by atoms with Gasteiger partial charge >= 0.3 is 0 Å². The van der Waals surface area contributed by atoms with Crippen molar-refractivity contribution in [2.75, 3.05) is 33.5 Å². The Balaban J connectivity index is 1.71. The highest BCUT2D eigenvalue weighted by Crippen LogP contribution is 2.07. The highest BCUT2D eigenvalue weighted by molar-refractivity contribution is 4.66. The molecule has 0 unspecified atom stereocenters. The van der Waals surface area contributed by atoms with Crippen molar-refractivity contribution in [1.82, 2.24) is 0 Å². The molecule has 0 aromatic rings. The zero-order chi connectivity index (χ0) is 6.53. The van der Waals surface area contributed by atoms with Crippen molar-refractivity contribution < 1.29 is 14.2 Å². The maximum Gasteiger partial charge on any atom is 0.104 e. The minimum atomic E-state index is 0.377. The Bertz CT molecular complexity index is 70.7. The zero-order valence-electron chi connectivity index (χ0n) is 5.63. The molecule has 0 radical (unpaired) electrons. The number of rotatable bonds is 5. The van der Waals surface area contributed by atoms with Gasteiger partial charge in [-0.1, -0.05) is 0 Å². The molecule has 1 aliphatic rings. The van der Waals surface area contributed by atoms with Crippen LogP contribution in [0.3, 0.4) is 0 Å². The molecule has 0 aliphatic carbocycles. The van der Waals surface area contributed by atoms with Crippen molar-refractivity contribution in [1.29, 1.82) is 0 Å². The SMILES string of the molecule is COCCOC[C@H]1CO1. The van der Waals surface area contributed by atoms with E-state index < -0.39 is 0 Å². The molecule has 1 rings (SSSR count). The molecular formula is C6H12O3. The van der Waals surface area contributed by atoms with Crippen LogP contribution in [0.4, 0.5) is 0 Å². The molecule has 0 saturated carbocycles. The van der Waals surface area contributed by atoms with Gasteiger partial charge in [0.25, 0.3) is 0 Å². The predicted octanol–water partition coefficient (Wildman–Crippen LogP) is 0.0482. The lowest BCUT2D eigenvalue weighted by Gasteiger charge is -1.98. The summed E-state index contributed by atoms with van der Waals surface area (Å²) in [5.74, 6) is 0. The first-order valence-corrected chi connectivity index (χ1v) is 3.12. The Morgan fingerprint density at radius 2 is 2.33 bits per heavy atom. The Kier molecular flexibility index (Phi) is 2.97. The summed E-state index contributed by atoms with van der Waals surface area (Å²) in [5, 5.41) is 0. The van der Waals surface area contributed by atoms with Gasteiger partial charge in [0.2, 0.25) is 0 Å². The monoisotopic (exact) mass is 132 g/mol. The lowest BCUT2D eigenvalue weighted by Crippen LogP contribution is -2.06. The number of methoxy groups -OCH3 is 1. The molecule has 1 fully saturated rings. The van der Waals surface area contributed by atoms with Crippen LogP contribution in [0.1, 0.15) is 0 Å². The second-order valence-corrected chi connectivity index (χ2v) is 2.02. The van der Waals surface area contributed by atoms with E-state index in [1.807, 2.05) is 0 Å². The summed E-state index contributed by atoms with van der Waals surface area (Å²) in [4.78, 5) is 0. The first-order valence-electron chi connectivity index (χ1n) is 3.12. The second-order valence-electron chi connectivity index (χ2n) is 2.02. The molecular weight excluding hydrogens is 120 g/mol. The van der Waals surface area contributed by atoms with E-state index in [2.05, 4.69) is 0 Å². The molecule has 3 nitrogen and oxygen atoms in total. The second kappa shape index (κ2) is 3.82. The van der Waals surface area contributed by atoms with Crippen LogP contribution in [0.15, 0.2) is 0 Å². The fourth-order valence-corrected chi connectivity index (χ4v) is 0.521. The van der Waals surface area contributed by atoms with Crippen LogP contribution in [-0.2, 0) is 14.2 Å². The van der Waals surface area contributed by atoms with Gasteiger partial charge in [0.05, 0.1) is 26.4 Å². The van der Waals surface area contributed by atoms with E-state index in [4.69, 9.17) is 14.2 Å². The van der Waals surface area contributed by atoms with Crippen LogP contribution in [-0.4, -0.2) is 39.6 Å². The number of hydrogen-bond acceptors (Lipinski definition) is 3. The quantitative estimate of drug-likeness (QED) is 0.391.